The summed E-state index contributed by atoms with van der Waals surface area (Å²) in [5, 5.41) is 5.20. The number of hydrogen-bond donors (Lipinski definition) is 2. The third kappa shape index (κ3) is 5.21. The van der Waals surface area contributed by atoms with Crippen LogP contribution < -0.4 is 15.4 Å². The van der Waals surface area contributed by atoms with Gasteiger partial charge in [0.2, 0.25) is 0 Å². The number of rotatable bonds is 6. The Balaban J connectivity index is 1.92. The number of benzene rings is 1. The highest BCUT2D eigenvalue weighted by Crippen LogP contribution is 2.29. The number of aryl methyl sites for hydroxylation is 1. The Morgan fingerprint density at radius 3 is 2.78 bits per heavy atom. The molecule has 122 valence electrons. The van der Waals surface area contributed by atoms with E-state index in [1.165, 1.54) is 6.07 Å². The second kappa shape index (κ2) is 8.07. The fourth-order valence-corrected chi connectivity index (χ4v) is 2.00. The molecule has 0 bridgehead atoms. The molecule has 2 rings (SSSR count). The molecule has 0 unspecified atom stereocenters. The monoisotopic (exact) mass is 321 g/mol. The van der Waals surface area contributed by atoms with E-state index >= 15 is 0 Å². The van der Waals surface area contributed by atoms with Crippen LogP contribution in [-0.2, 0) is 6.42 Å². The van der Waals surface area contributed by atoms with E-state index in [0.717, 1.165) is 5.69 Å². The number of anilines is 1. The molecule has 1 aromatic heterocycles. The van der Waals surface area contributed by atoms with Crippen LogP contribution in [0.3, 0.4) is 0 Å². The minimum atomic E-state index is -2.95. The number of urea groups is 1. The summed E-state index contributed by atoms with van der Waals surface area (Å²) in [5.74, 6) is -0.0696. The molecule has 0 aliphatic rings. The molecular formula is C16H17F2N3O2. The summed E-state index contributed by atoms with van der Waals surface area (Å²) in [4.78, 5) is 16.1. The lowest BCUT2D eigenvalue weighted by molar-refractivity contribution is -0.0493. The molecule has 0 atom stereocenters. The number of aromatic nitrogens is 1. The molecule has 2 aromatic rings. The quantitative estimate of drug-likeness (QED) is 0.857. The molecule has 0 fully saturated rings. The third-order valence-corrected chi connectivity index (χ3v) is 3.08. The van der Waals surface area contributed by atoms with E-state index in [1.54, 1.807) is 25.3 Å². The van der Waals surface area contributed by atoms with Gasteiger partial charge >= 0.3 is 12.6 Å². The minimum Gasteiger partial charge on any atom is -0.433 e. The Hall–Kier alpha value is -2.70. The summed E-state index contributed by atoms with van der Waals surface area (Å²) in [6, 6.07) is 9.70. The van der Waals surface area contributed by atoms with E-state index in [9.17, 15) is 13.6 Å². The van der Waals surface area contributed by atoms with E-state index in [2.05, 4.69) is 20.4 Å². The number of alkyl halides is 2. The normalized spacial score (nSPS) is 10.4. The van der Waals surface area contributed by atoms with E-state index in [-0.39, 0.29) is 11.4 Å². The Labute approximate surface area is 132 Å². The first kappa shape index (κ1) is 16.7. The first-order valence-corrected chi connectivity index (χ1v) is 7.05. The van der Waals surface area contributed by atoms with Crippen molar-refractivity contribution < 1.29 is 18.3 Å². The Morgan fingerprint density at radius 1 is 1.26 bits per heavy atom. The van der Waals surface area contributed by atoms with Crippen LogP contribution >= 0.6 is 0 Å². The summed E-state index contributed by atoms with van der Waals surface area (Å²) in [6.45, 7) is -0.883. The van der Waals surface area contributed by atoms with E-state index in [4.69, 9.17) is 0 Å². The van der Waals surface area contributed by atoms with Gasteiger partial charge in [0.1, 0.15) is 5.75 Å². The molecule has 1 aromatic carbocycles. The van der Waals surface area contributed by atoms with Gasteiger partial charge in [0.15, 0.2) is 0 Å². The van der Waals surface area contributed by atoms with Crippen molar-refractivity contribution in [2.75, 3.05) is 11.9 Å². The first-order valence-electron chi connectivity index (χ1n) is 7.05. The van der Waals surface area contributed by atoms with Gasteiger partial charge in [-0.2, -0.15) is 8.78 Å². The van der Waals surface area contributed by atoms with Gasteiger partial charge in [0.05, 0.1) is 5.69 Å². The number of amides is 2. The van der Waals surface area contributed by atoms with Gasteiger partial charge in [-0.1, -0.05) is 18.2 Å². The van der Waals surface area contributed by atoms with Crippen LogP contribution in [0.15, 0.2) is 42.6 Å². The molecule has 0 spiro atoms. The highest BCUT2D eigenvalue weighted by Gasteiger charge is 2.13. The maximum absolute atomic E-state index is 12.4. The summed E-state index contributed by atoms with van der Waals surface area (Å²) >= 11 is 0. The Kier molecular flexibility index (Phi) is 5.85. The van der Waals surface area contributed by atoms with Crippen LogP contribution in [0.2, 0.25) is 0 Å². The number of para-hydroxylation sites is 1. The number of nitrogens with zero attached hydrogens (tertiary/aromatic N) is 1. The van der Waals surface area contributed by atoms with Crippen molar-refractivity contribution >= 4 is 11.7 Å². The smallest absolute Gasteiger partial charge is 0.387 e. The maximum Gasteiger partial charge on any atom is 0.387 e. The molecule has 2 amide bonds. The molecule has 0 radical (unpaired) electrons. The molecule has 23 heavy (non-hydrogen) atoms. The number of hydrogen-bond acceptors (Lipinski definition) is 3. The second-order valence-corrected chi connectivity index (χ2v) is 4.78. The average Bonchev–Trinajstić information content (AvgIpc) is 2.51. The summed E-state index contributed by atoms with van der Waals surface area (Å²) in [5.41, 5.74) is 1.71. The summed E-state index contributed by atoms with van der Waals surface area (Å²) in [7, 11) is 0. The molecular weight excluding hydrogens is 304 g/mol. The molecule has 1 heterocycles. The predicted octanol–water partition coefficient (Wildman–Crippen LogP) is 3.36. The average molecular weight is 321 g/mol. The van der Waals surface area contributed by atoms with Crippen LogP contribution in [0.5, 0.6) is 5.75 Å². The predicted molar refractivity (Wildman–Crippen MR) is 82.8 cm³/mol. The van der Waals surface area contributed by atoms with E-state index < -0.39 is 12.6 Å². The van der Waals surface area contributed by atoms with Crippen LogP contribution in [-0.4, -0.2) is 24.2 Å². The van der Waals surface area contributed by atoms with Crippen molar-refractivity contribution in [3.8, 4) is 5.75 Å². The molecule has 0 saturated carbocycles. The van der Waals surface area contributed by atoms with Gasteiger partial charge in [0, 0.05) is 24.9 Å². The minimum absolute atomic E-state index is 0.0696. The van der Waals surface area contributed by atoms with Crippen molar-refractivity contribution in [3.05, 3.63) is 53.9 Å². The largest absolute Gasteiger partial charge is 0.433 e. The molecule has 0 saturated heterocycles. The van der Waals surface area contributed by atoms with Crippen molar-refractivity contribution in [2.45, 2.75) is 20.0 Å². The maximum atomic E-state index is 12.4. The van der Waals surface area contributed by atoms with Gasteiger partial charge in [-0.25, -0.2) is 4.79 Å². The Morgan fingerprint density at radius 2 is 2.09 bits per heavy atom. The van der Waals surface area contributed by atoms with Crippen LogP contribution in [0.1, 0.15) is 11.3 Å². The fraction of sp³-hybridized carbons (Fsp3) is 0.250. The molecule has 0 aliphatic carbocycles. The standard InChI is InChI=1S/C16H17F2N3O2/c1-11-5-4-7-13(23-15(17)18)14(11)21-16(22)20-10-8-12-6-2-3-9-19-12/h2-7,9,15H,8,10H2,1H3,(H2,20,21,22). The lowest BCUT2D eigenvalue weighted by atomic mass is 10.2. The van der Waals surface area contributed by atoms with Crippen LogP contribution in [0, 0.1) is 6.92 Å². The number of ether oxygens (including phenoxy) is 1. The van der Waals surface area contributed by atoms with Gasteiger partial charge in [-0.05, 0) is 30.7 Å². The first-order chi connectivity index (χ1) is 11.1. The number of carbonyl (C=O) groups excluding carboxylic acids is 1. The second-order valence-electron chi connectivity index (χ2n) is 4.78. The van der Waals surface area contributed by atoms with Crippen molar-refractivity contribution in [1.29, 1.82) is 0 Å². The van der Waals surface area contributed by atoms with E-state index in [1.807, 2.05) is 18.2 Å². The Bertz CT molecular complexity index is 651. The van der Waals surface area contributed by atoms with Crippen LogP contribution in [0.4, 0.5) is 19.3 Å². The fourth-order valence-electron chi connectivity index (χ4n) is 2.00. The van der Waals surface area contributed by atoms with Crippen molar-refractivity contribution in [3.63, 3.8) is 0 Å². The number of pyridine rings is 1. The lowest BCUT2D eigenvalue weighted by Crippen LogP contribution is -2.31. The zero-order valence-corrected chi connectivity index (χ0v) is 12.6. The van der Waals surface area contributed by atoms with Gasteiger partial charge in [0.25, 0.3) is 0 Å². The highest BCUT2D eigenvalue weighted by molar-refractivity contribution is 5.91. The van der Waals surface area contributed by atoms with E-state index in [0.29, 0.717) is 18.5 Å². The van der Waals surface area contributed by atoms with Gasteiger partial charge < -0.3 is 15.4 Å². The van der Waals surface area contributed by atoms with Gasteiger partial charge in [-0.3, -0.25) is 4.98 Å². The summed E-state index contributed by atoms with van der Waals surface area (Å²) < 4.78 is 29.2. The lowest BCUT2D eigenvalue weighted by Gasteiger charge is -2.14. The number of nitrogens with one attached hydrogen (secondary N) is 2. The topological polar surface area (TPSA) is 63.2 Å². The third-order valence-electron chi connectivity index (χ3n) is 3.08. The van der Waals surface area contributed by atoms with Gasteiger partial charge in [-0.15, -0.1) is 0 Å². The zero-order valence-electron chi connectivity index (χ0n) is 12.6. The molecule has 0 aliphatic heterocycles. The van der Waals surface area contributed by atoms with Crippen LogP contribution in [0.25, 0.3) is 0 Å². The molecule has 7 heteroatoms. The number of carbonyl (C=O) groups is 1. The van der Waals surface area contributed by atoms with Crippen molar-refractivity contribution in [2.24, 2.45) is 0 Å². The van der Waals surface area contributed by atoms with Crippen molar-refractivity contribution in [1.82, 2.24) is 10.3 Å². The summed E-state index contributed by atoms with van der Waals surface area (Å²) in [6.07, 6.45) is 2.25. The SMILES string of the molecule is Cc1cccc(OC(F)F)c1NC(=O)NCCc1ccccn1. The highest BCUT2D eigenvalue weighted by atomic mass is 19.3. The zero-order chi connectivity index (χ0) is 16.7. The number of halogens is 2. The molecule has 5 nitrogen and oxygen atoms in total. The molecule has 2 N–H and O–H groups in total.